The topological polar surface area (TPSA) is 76.7 Å². The smallest absolute Gasteiger partial charge is 0.341 e. The maximum atomic E-state index is 13.6. The largest absolute Gasteiger partial charge is 0.497 e. The Balaban J connectivity index is 1.61. The van der Waals surface area contributed by atoms with E-state index in [0.717, 1.165) is 28.0 Å². The molecule has 7 heteroatoms. The van der Waals surface area contributed by atoms with E-state index in [1.165, 1.54) is 11.3 Å². The number of carbonyl (C=O) groups excluding carboxylic acids is 2. The van der Waals surface area contributed by atoms with Crippen LogP contribution in [0.15, 0.2) is 90.3 Å². The number of thiophene rings is 1. The van der Waals surface area contributed by atoms with E-state index in [1.54, 1.807) is 14.0 Å². The van der Waals surface area contributed by atoms with Crippen LogP contribution < -0.4 is 15.4 Å². The maximum Gasteiger partial charge on any atom is 0.341 e. The molecule has 0 fully saturated rings. The third-order valence-electron chi connectivity index (χ3n) is 5.66. The highest BCUT2D eigenvalue weighted by molar-refractivity contribution is 7.15. The van der Waals surface area contributed by atoms with Crippen molar-refractivity contribution in [2.24, 2.45) is 0 Å². The van der Waals surface area contributed by atoms with Crippen molar-refractivity contribution in [3.05, 3.63) is 107 Å². The SMILES string of the molecule is CCOC(=O)c1c(-c2ccccc2)csc1NC(=O)[C@@H](NCc1ccc(OC)cc1)c1ccccc1. The van der Waals surface area contributed by atoms with Gasteiger partial charge in [-0.25, -0.2) is 4.79 Å². The van der Waals surface area contributed by atoms with Crippen molar-refractivity contribution < 1.29 is 19.1 Å². The summed E-state index contributed by atoms with van der Waals surface area (Å²) in [6.07, 6.45) is 0. The molecular weight excluding hydrogens is 472 g/mol. The van der Waals surface area contributed by atoms with Crippen molar-refractivity contribution in [1.29, 1.82) is 0 Å². The fraction of sp³-hybridized carbons (Fsp3) is 0.172. The number of hydrogen-bond donors (Lipinski definition) is 2. The number of hydrogen-bond acceptors (Lipinski definition) is 6. The minimum Gasteiger partial charge on any atom is -0.497 e. The summed E-state index contributed by atoms with van der Waals surface area (Å²) in [5.74, 6) is 0.0478. The van der Waals surface area contributed by atoms with Gasteiger partial charge >= 0.3 is 5.97 Å². The number of carbonyl (C=O) groups is 2. The zero-order valence-corrected chi connectivity index (χ0v) is 21.0. The summed E-state index contributed by atoms with van der Waals surface area (Å²) in [6.45, 7) is 2.48. The van der Waals surface area contributed by atoms with Gasteiger partial charge in [0.2, 0.25) is 5.91 Å². The molecule has 3 aromatic carbocycles. The van der Waals surface area contributed by atoms with Crippen molar-refractivity contribution in [2.45, 2.75) is 19.5 Å². The number of rotatable bonds is 10. The van der Waals surface area contributed by atoms with E-state index >= 15 is 0 Å². The van der Waals surface area contributed by atoms with E-state index in [-0.39, 0.29) is 12.5 Å². The van der Waals surface area contributed by atoms with Crippen LogP contribution in [0.3, 0.4) is 0 Å². The number of anilines is 1. The highest BCUT2D eigenvalue weighted by atomic mass is 32.1. The maximum absolute atomic E-state index is 13.6. The van der Waals surface area contributed by atoms with Crippen molar-refractivity contribution in [3.63, 3.8) is 0 Å². The number of nitrogens with one attached hydrogen (secondary N) is 2. The molecule has 0 radical (unpaired) electrons. The molecule has 1 amide bonds. The normalized spacial score (nSPS) is 11.5. The zero-order chi connectivity index (χ0) is 25.3. The van der Waals surface area contributed by atoms with E-state index in [4.69, 9.17) is 9.47 Å². The molecule has 36 heavy (non-hydrogen) atoms. The van der Waals surface area contributed by atoms with Gasteiger partial charge in [0.1, 0.15) is 22.4 Å². The minimum atomic E-state index is -0.634. The lowest BCUT2D eigenvalue weighted by atomic mass is 10.0. The van der Waals surface area contributed by atoms with Crippen LogP contribution in [-0.2, 0) is 16.1 Å². The lowest BCUT2D eigenvalue weighted by molar-refractivity contribution is -0.118. The van der Waals surface area contributed by atoms with Crippen LogP contribution in [0.2, 0.25) is 0 Å². The molecule has 0 spiro atoms. The summed E-state index contributed by atoms with van der Waals surface area (Å²) >= 11 is 1.31. The average Bonchev–Trinajstić information content (AvgIpc) is 3.34. The predicted octanol–water partition coefficient (Wildman–Crippen LogP) is 6.07. The molecule has 4 aromatic rings. The predicted molar refractivity (Wildman–Crippen MR) is 143 cm³/mol. The van der Waals surface area contributed by atoms with Gasteiger partial charge in [-0.1, -0.05) is 72.8 Å². The number of benzene rings is 3. The van der Waals surface area contributed by atoms with Gasteiger partial charge < -0.3 is 14.8 Å². The van der Waals surface area contributed by atoms with E-state index in [1.807, 2.05) is 90.3 Å². The Hall–Kier alpha value is -3.94. The number of ether oxygens (including phenoxy) is 2. The third kappa shape index (κ3) is 6.00. The van der Waals surface area contributed by atoms with E-state index in [0.29, 0.717) is 17.1 Å². The lowest BCUT2D eigenvalue weighted by Gasteiger charge is -2.19. The van der Waals surface area contributed by atoms with Crippen LogP contribution >= 0.6 is 11.3 Å². The molecule has 0 aliphatic heterocycles. The average molecular weight is 501 g/mol. The van der Waals surface area contributed by atoms with Crippen molar-refractivity contribution in [3.8, 4) is 16.9 Å². The molecule has 2 N–H and O–H groups in total. The summed E-state index contributed by atoms with van der Waals surface area (Å²) in [4.78, 5) is 26.5. The van der Waals surface area contributed by atoms with E-state index < -0.39 is 12.0 Å². The van der Waals surface area contributed by atoms with Crippen molar-refractivity contribution in [2.75, 3.05) is 19.0 Å². The second-order valence-corrected chi connectivity index (χ2v) is 8.88. The molecule has 0 aliphatic carbocycles. The molecule has 6 nitrogen and oxygen atoms in total. The molecule has 0 aliphatic rings. The van der Waals surface area contributed by atoms with Crippen molar-refractivity contribution in [1.82, 2.24) is 5.32 Å². The molecule has 0 saturated carbocycles. The fourth-order valence-electron chi connectivity index (χ4n) is 3.84. The summed E-state index contributed by atoms with van der Waals surface area (Å²) in [6, 6.07) is 26.2. The molecular formula is C29H28N2O4S. The first-order valence-corrected chi connectivity index (χ1v) is 12.5. The molecule has 4 rings (SSSR count). The molecule has 0 unspecified atom stereocenters. The van der Waals surface area contributed by atoms with Crippen LogP contribution in [-0.4, -0.2) is 25.6 Å². The van der Waals surface area contributed by atoms with E-state index in [9.17, 15) is 9.59 Å². The molecule has 184 valence electrons. The number of amides is 1. The highest BCUT2D eigenvalue weighted by Crippen LogP contribution is 2.36. The van der Waals surface area contributed by atoms with Gasteiger partial charge in [0.05, 0.1) is 13.7 Å². The second kappa shape index (κ2) is 12.2. The third-order valence-corrected chi connectivity index (χ3v) is 6.55. The summed E-state index contributed by atoms with van der Waals surface area (Å²) in [5.41, 5.74) is 3.81. The Bertz CT molecular complexity index is 1290. The van der Waals surface area contributed by atoms with Gasteiger partial charge in [0.15, 0.2) is 0 Å². The van der Waals surface area contributed by atoms with Gasteiger partial charge in [-0.3, -0.25) is 10.1 Å². The molecule has 0 bridgehead atoms. The van der Waals surface area contributed by atoms with Crippen molar-refractivity contribution >= 4 is 28.2 Å². The lowest BCUT2D eigenvalue weighted by Crippen LogP contribution is -2.33. The first kappa shape index (κ1) is 25.2. The minimum absolute atomic E-state index is 0.242. The Labute approximate surface area is 214 Å². The Morgan fingerprint density at radius 1 is 0.917 bits per heavy atom. The second-order valence-electron chi connectivity index (χ2n) is 8.00. The number of esters is 1. The van der Waals surface area contributed by atoms with Gasteiger partial charge in [-0.15, -0.1) is 11.3 Å². The van der Waals surface area contributed by atoms with Crippen LogP contribution in [0.1, 0.15) is 34.5 Å². The Morgan fingerprint density at radius 3 is 2.22 bits per heavy atom. The zero-order valence-electron chi connectivity index (χ0n) is 20.2. The van der Waals surface area contributed by atoms with Crippen LogP contribution in [0, 0.1) is 0 Å². The molecule has 0 saturated heterocycles. The summed E-state index contributed by atoms with van der Waals surface area (Å²) < 4.78 is 10.6. The first-order chi connectivity index (χ1) is 17.6. The molecule has 1 heterocycles. The van der Waals surface area contributed by atoms with Gasteiger partial charge in [-0.05, 0) is 35.7 Å². The van der Waals surface area contributed by atoms with Crippen LogP contribution in [0.25, 0.3) is 11.1 Å². The van der Waals surface area contributed by atoms with Crippen LogP contribution in [0.5, 0.6) is 5.75 Å². The summed E-state index contributed by atoms with van der Waals surface area (Å²) in [7, 11) is 1.63. The van der Waals surface area contributed by atoms with E-state index in [2.05, 4.69) is 10.6 Å². The highest BCUT2D eigenvalue weighted by Gasteiger charge is 2.26. The first-order valence-electron chi connectivity index (χ1n) is 11.7. The van der Waals surface area contributed by atoms with Gasteiger partial charge in [0, 0.05) is 17.5 Å². The molecule has 1 aromatic heterocycles. The van der Waals surface area contributed by atoms with Crippen LogP contribution in [0.4, 0.5) is 5.00 Å². The van der Waals surface area contributed by atoms with Gasteiger partial charge in [-0.2, -0.15) is 0 Å². The number of methoxy groups -OCH3 is 1. The Morgan fingerprint density at radius 2 is 1.58 bits per heavy atom. The Kier molecular flexibility index (Phi) is 8.49. The summed E-state index contributed by atoms with van der Waals surface area (Å²) in [5, 5.41) is 8.68. The monoisotopic (exact) mass is 500 g/mol. The van der Waals surface area contributed by atoms with Gasteiger partial charge in [0.25, 0.3) is 0 Å². The molecule has 1 atom stereocenters. The fourth-order valence-corrected chi connectivity index (χ4v) is 4.80. The standard InChI is InChI=1S/C29H28N2O4S/c1-3-35-29(33)25-24(21-10-6-4-7-11-21)19-36-28(25)31-27(32)26(22-12-8-5-9-13-22)30-18-20-14-16-23(34-2)17-15-20/h4-17,19,26,30H,3,18H2,1-2H3,(H,31,32)/t26-/m0/s1. The quantitative estimate of drug-likeness (QED) is 0.259.